The molecule has 1 N–H and O–H groups in total. The first kappa shape index (κ1) is 38.2. The van der Waals surface area contributed by atoms with Gasteiger partial charge in [-0.05, 0) is 128 Å². The Bertz CT molecular complexity index is 1630. The number of hydrogen-bond acceptors (Lipinski definition) is 9. The Morgan fingerprint density at radius 1 is 1.04 bits per heavy atom. The molecule has 0 amide bonds. The highest BCUT2D eigenvalue weighted by molar-refractivity contribution is 14.1. The minimum absolute atomic E-state index is 0.00784. The fraction of sp³-hybridized carbons (Fsp3) is 0.659. The van der Waals surface area contributed by atoms with E-state index in [2.05, 4.69) is 60.7 Å². The van der Waals surface area contributed by atoms with Gasteiger partial charge in [-0.1, -0.05) is 47.2 Å². The van der Waals surface area contributed by atoms with Crippen molar-refractivity contribution in [1.29, 1.82) is 0 Å². The molecule has 0 bridgehead atoms. The molecule has 5 aliphatic rings. The highest BCUT2D eigenvalue weighted by atomic mass is 127. The van der Waals surface area contributed by atoms with Crippen molar-refractivity contribution in [3.63, 3.8) is 0 Å². The van der Waals surface area contributed by atoms with Crippen LogP contribution in [0.15, 0.2) is 41.4 Å². The number of hydrogen-bond donors (Lipinski definition) is 1. The Morgan fingerprint density at radius 3 is 2.39 bits per heavy atom. The van der Waals surface area contributed by atoms with Crippen LogP contribution in [0.1, 0.15) is 110 Å². The van der Waals surface area contributed by atoms with Crippen LogP contribution in [0.2, 0.25) is 0 Å². The third-order valence-corrected chi connectivity index (χ3v) is 13.0. The fourth-order valence-corrected chi connectivity index (χ4v) is 10.3. The molecule has 0 saturated heterocycles. The van der Waals surface area contributed by atoms with Crippen LogP contribution in [0.25, 0.3) is 6.08 Å². The predicted octanol–water partition coefficient (Wildman–Crippen LogP) is 9.57. The minimum Gasteiger partial charge on any atom is -0.490 e. The van der Waals surface area contributed by atoms with Gasteiger partial charge in [0.15, 0.2) is 0 Å². The summed E-state index contributed by atoms with van der Waals surface area (Å²) in [7, 11) is 1.76. The monoisotopic (exact) mass is 818 g/mol. The summed E-state index contributed by atoms with van der Waals surface area (Å²) in [4.78, 5) is 25.6. The van der Waals surface area contributed by atoms with Gasteiger partial charge in [0.2, 0.25) is 0 Å². The van der Waals surface area contributed by atoms with Crippen molar-refractivity contribution in [2.75, 3.05) is 7.11 Å². The van der Waals surface area contributed by atoms with Gasteiger partial charge < -0.3 is 33.5 Å². The van der Waals surface area contributed by atoms with E-state index in [0.717, 1.165) is 48.1 Å². The van der Waals surface area contributed by atoms with Gasteiger partial charge in [0.1, 0.15) is 34.6 Å². The summed E-state index contributed by atoms with van der Waals surface area (Å²) < 4.78 is 35.3. The summed E-state index contributed by atoms with van der Waals surface area (Å²) in [5.74, 6) is 2.59. The normalized spacial score (nSPS) is 34.5. The number of aliphatic hydroxyl groups is 1. The Labute approximate surface area is 316 Å². The molecule has 1 aromatic carbocycles. The van der Waals surface area contributed by atoms with Gasteiger partial charge >= 0.3 is 12.3 Å². The van der Waals surface area contributed by atoms with Gasteiger partial charge in [-0.2, -0.15) is 0 Å². The number of ether oxygens (including phenoxy) is 6. The Balaban J connectivity index is 1.49. The van der Waals surface area contributed by atoms with Crippen molar-refractivity contribution in [3.05, 3.63) is 58.1 Å². The van der Waals surface area contributed by atoms with Crippen LogP contribution in [-0.2, 0) is 23.7 Å². The smallest absolute Gasteiger partial charge is 0.490 e. The number of carbonyl (C=O) groups excluding carboxylic acids is 2. The van der Waals surface area contributed by atoms with Crippen LogP contribution < -0.4 is 4.74 Å². The van der Waals surface area contributed by atoms with Crippen molar-refractivity contribution < 1.29 is 43.1 Å². The average Bonchev–Trinajstić information content (AvgIpc) is 3.55. The van der Waals surface area contributed by atoms with Crippen LogP contribution in [0.5, 0.6) is 5.75 Å². The number of fused-ring (bicyclic) bond motifs is 5. The molecule has 10 atom stereocenters. The fourth-order valence-electron chi connectivity index (χ4n) is 9.01. The molecule has 4 aliphatic carbocycles. The summed E-state index contributed by atoms with van der Waals surface area (Å²) in [6.07, 6.45) is 8.49. The molecule has 1 aliphatic heterocycles. The SMILES string of the molecule is COC1CC(C2c3c(ccc(C)c3/C=C(\C)OC(=O)OC(C)(C)C)OC3CCC4[C@H](C=C(OC(=O)OC(C)(C)C)C[C@@H]4C)C32)=CC2(I)C(O)[C@@H]2C1. The van der Waals surface area contributed by atoms with Crippen molar-refractivity contribution >= 4 is 41.0 Å². The first-order valence-corrected chi connectivity index (χ1v) is 19.5. The maximum atomic E-state index is 12.9. The quantitative estimate of drug-likeness (QED) is 0.102. The van der Waals surface area contributed by atoms with Crippen molar-refractivity contribution in [1.82, 2.24) is 0 Å². The molecule has 2 saturated carbocycles. The molecule has 280 valence electrons. The van der Waals surface area contributed by atoms with E-state index in [1.807, 2.05) is 26.8 Å². The molecule has 1 heterocycles. The van der Waals surface area contributed by atoms with Crippen LogP contribution in [0.4, 0.5) is 9.59 Å². The number of rotatable bonds is 5. The van der Waals surface area contributed by atoms with E-state index >= 15 is 0 Å². The zero-order valence-electron chi connectivity index (χ0n) is 31.7. The molecule has 0 spiro atoms. The molecule has 0 radical (unpaired) electrons. The number of carbonyl (C=O) groups is 2. The standard InChI is InChI=1S/C41H55IO9/c1-21-11-13-31-34(28(21)16-23(3)47-37(44)50-39(4,5)6)33(24-17-25(46-10)19-30-36(43)41(30,42)20-24)35-29-18-26(48-38(45)51-40(7,8)9)15-22(2)27(29)12-14-32(35)49-31/h11,13,16,18,20,22,25,27,29-30,32-33,35-36,43H,12,14-15,17,19H2,1-10H3/b23-16+/t22-,25?,27?,29-,30-,32?,33?,35?,36?,41?/m0/s1. The first-order valence-electron chi connectivity index (χ1n) is 18.4. The van der Waals surface area contributed by atoms with Crippen LogP contribution in [0.3, 0.4) is 0 Å². The maximum Gasteiger partial charge on any atom is 0.514 e. The molecule has 7 unspecified atom stereocenters. The van der Waals surface area contributed by atoms with Gasteiger partial charge in [0, 0.05) is 36.8 Å². The highest BCUT2D eigenvalue weighted by Gasteiger charge is 2.63. The van der Waals surface area contributed by atoms with E-state index in [9.17, 15) is 14.7 Å². The molecule has 9 nitrogen and oxygen atoms in total. The Kier molecular flexibility index (Phi) is 10.5. The summed E-state index contributed by atoms with van der Waals surface area (Å²) in [6.45, 7) is 17.0. The van der Waals surface area contributed by atoms with Gasteiger partial charge in [0.25, 0.3) is 0 Å². The zero-order valence-corrected chi connectivity index (χ0v) is 33.9. The third-order valence-electron chi connectivity index (χ3n) is 11.2. The van der Waals surface area contributed by atoms with E-state index in [1.165, 1.54) is 5.57 Å². The van der Waals surface area contributed by atoms with Crippen LogP contribution >= 0.6 is 22.6 Å². The second-order valence-corrected chi connectivity index (χ2v) is 19.2. The first-order chi connectivity index (χ1) is 23.8. The minimum atomic E-state index is -0.754. The molecule has 51 heavy (non-hydrogen) atoms. The lowest BCUT2D eigenvalue weighted by Gasteiger charge is -2.52. The molecular weight excluding hydrogens is 763 g/mol. The summed E-state index contributed by atoms with van der Waals surface area (Å²) in [6, 6.07) is 4.13. The van der Waals surface area contributed by atoms with E-state index < -0.39 is 29.6 Å². The number of aliphatic hydroxyl groups excluding tert-OH is 1. The van der Waals surface area contributed by atoms with Crippen LogP contribution in [-0.4, -0.2) is 57.5 Å². The molecule has 0 aromatic heterocycles. The van der Waals surface area contributed by atoms with E-state index in [4.69, 9.17) is 28.4 Å². The highest BCUT2D eigenvalue weighted by Crippen LogP contribution is 2.63. The topological polar surface area (TPSA) is 110 Å². The van der Waals surface area contributed by atoms with Gasteiger partial charge in [0.05, 0.1) is 15.6 Å². The van der Waals surface area contributed by atoms with E-state index in [0.29, 0.717) is 23.9 Å². The molecule has 6 rings (SSSR count). The van der Waals surface area contributed by atoms with Gasteiger partial charge in [-0.15, -0.1) is 0 Å². The number of methoxy groups -OCH3 is 1. The second-order valence-electron chi connectivity index (χ2n) is 17.3. The average molecular weight is 819 g/mol. The maximum absolute atomic E-state index is 12.9. The van der Waals surface area contributed by atoms with E-state index in [1.54, 1.807) is 34.8 Å². The summed E-state index contributed by atoms with van der Waals surface area (Å²) >= 11 is 2.45. The van der Waals surface area contributed by atoms with Crippen molar-refractivity contribution in [2.45, 2.75) is 133 Å². The summed E-state index contributed by atoms with van der Waals surface area (Å²) in [5, 5.41) is 11.2. The number of alkyl halides is 1. The zero-order chi connectivity index (χ0) is 37.2. The van der Waals surface area contributed by atoms with Crippen molar-refractivity contribution in [2.24, 2.45) is 29.6 Å². The molecule has 10 heteroatoms. The van der Waals surface area contributed by atoms with Gasteiger partial charge in [-0.3, -0.25) is 0 Å². The lowest BCUT2D eigenvalue weighted by molar-refractivity contribution is -0.0208. The summed E-state index contributed by atoms with van der Waals surface area (Å²) in [5.41, 5.74) is 2.87. The predicted molar refractivity (Wildman–Crippen MR) is 203 cm³/mol. The lowest BCUT2D eigenvalue weighted by Crippen LogP contribution is -2.49. The molecule has 2 fully saturated rings. The van der Waals surface area contributed by atoms with Crippen molar-refractivity contribution in [3.8, 4) is 5.75 Å². The number of aryl methyl sites for hydroxylation is 1. The third kappa shape index (κ3) is 8.03. The van der Waals surface area contributed by atoms with Crippen LogP contribution in [0, 0.1) is 36.5 Å². The number of benzene rings is 1. The van der Waals surface area contributed by atoms with Gasteiger partial charge in [-0.25, -0.2) is 9.59 Å². The molecule has 1 aromatic rings. The Hall–Kier alpha value is -2.57. The largest absolute Gasteiger partial charge is 0.514 e. The van der Waals surface area contributed by atoms with E-state index in [-0.39, 0.29) is 45.2 Å². The Morgan fingerprint density at radius 2 is 1.73 bits per heavy atom. The number of allylic oxidation sites excluding steroid dienone is 3. The molecular formula is C41H55IO9. The second kappa shape index (κ2) is 14.0. The lowest BCUT2D eigenvalue weighted by atomic mass is 9.56. The number of halogens is 1.